The Hall–Kier alpha value is -1.30. The molecule has 6 heteroatoms. The van der Waals surface area contributed by atoms with Crippen LogP contribution in [0.15, 0.2) is 5.16 Å². The Morgan fingerprint density at radius 3 is 2.70 bits per heavy atom. The molecular weight excluding hydrogens is 256 g/mol. The molecule has 114 valence electrons. The Morgan fingerprint density at radius 2 is 2.05 bits per heavy atom. The summed E-state index contributed by atoms with van der Waals surface area (Å²) in [5.74, 6) is -0.0775. The largest absolute Gasteiger partial charge is 0.409 e. The summed E-state index contributed by atoms with van der Waals surface area (Å²) in [6, 6.07) is 0.634. The van der Waals surface area contributed by atoms with Gasteiger partial charge < -0.3 is 15.8 Å². The quantitative estimate of drug-likeness (QED) is 0.340. The minimum absolute atomic E-state index is 0.0271. The molecule has 2 fully saturated rings. The summed E-state index contributed by atoms with van der Waals surface area (Å²) >= 11 is 0. The Bertz CT molecular complexity index is 408. The van der Waals surface area contributed by atoms with Crippen molar-refractivity contribution in [1.82, 2.24) is 9.80 Å². The maximum atomic E-state index is 12.7. The minimum atomic E-state index is -0.958. The van der Waals surface area contributed by atoms with Crippen LogP contribution in [-0.4, -0.2) is 58.5 Å². The van der Waals surface area contributed by atoms with Crippen molar-refractivity contribution < 1.29 is 10.0 Å². The van der Waals surface area contributed by atoms with E-state index in [1.54, 1.807) is 13.8 Å². The fourth-order valence-corrected chi connectivity index (χ4v) is 3.23. The summed E-state index contributed by atoms with van der Waals surface area (Å²) in [7, 11) is 0. The topological polar surface area (TPSA) is 82.2 Å². The fraction of sp³-hybridized carbons (Fsp3) is 0.857. The first kappa shape index (κ1) is 15.1. The standard InChI is InChI=1S/C14H26N4O2/c1-10-8-17-7-5-4-6-11(17)9-18(10)13(19)14(2,3)12(15)16-20/h10-11,20H,4-9H2,1-3H3,(H2,15,16). The molecule has 2 aliphatic rings. The predicted octanol–water partition coefficient (Wildman–Crippen LogP) is 0.844. The Morgan fingerprint density at radius 1 is 1.35 bits per heavy atom. The molecule has 0 saturated carbocycles. The van der Waals surface area contributed by atoms with E-state index >= 15 is 0 Å². The normalized spacial score (nSPS) is 29.1. The lowest BCUT2D eigenvalue weighted by atomic mass is 9.88. The van der Waals surface area contributed by atoms with Crippen LogP contribution in [0, 0.1) is 5.41 Å². The maximum absolute atomic E-state index is 12.7. The maximum Gasteiger partial charge on any atom is 0.236 e. The van der Waals surface area contributed by atoms with Gasteiger partial charge in [0.15, 0.2) is 5.84 Å². The average Bonchev–Trinajstić information content (AvgIpc) is 2.44. The summed E-state index contributed by atoms with van der Waals surface area (Å²) in [5.41, 5.74) is 4.72. The van der Waals surface area contributed by atoms with Crippen molar-refractivity contribution in [3.63, 3.8) is 0 Å². The van der Waals surface area contributed by atoms with E-state index in [1.807, 2.05) is 4.90 Å². The van der Waals surface area contributed by atoms with Crippen molar-refractivity contribution in [1.29, 1.82) is 0 Å². The van der Waals surface area contributed by atoms with E-state index in [4.69, 9.17) is 10.9 Å². The summed E-state index contributed by atoms with van der Waals surface area (Å²) in [4.78, 5) is 17.1. The second kappa shape index (κ2) is 5.60. The second-order valence-corrected chi connectivity index (χ2v) is 6.56. The third-order valence-electron chi connectivity index (χ3n) is 4.73. The number of nitrogens with zero attached hydrogens (tertiary/aromatic N) is 3. The number of hydrogen-bond acceptors (Lipinski definition) is 4. The van der Waals surface area contributed by atoms with Crippen molar-refractivity contribution in [2.24, 2.45) is 16.3 Å². The zero-order chi connectivity index (χ0) is 14.9. The van der Waals surface area contributed by atoms with Gasteiger partial charge in [-0.05, 0) is 40.2 Å². The monoisotopic (exact) mass is 282 g/mol. The molecule has 0 aromatic carbocycles. The number of amidine groups is 1. The molecule has 2 rings (SSSR count). The SMILES string of the molecule is CC1CN2CCCCC2CN1C(=O)C(C)(C)C(N)=NO. The smallest absolute Gasteiger partial charge is 0.236 e. The molecule has 0 bridgehead atoms. The number of hydrogen-bond donors (Lipinski definition) is 2. The fourth-order valence-electron chi connectivity index (χ4n) is 3.23. The van der Waals surface area contributed by atoms with Crippen LogP contribution in [0.25, 0.3) is 0 Å². The molecule has 3 N–H and O–H groups in total. The van der Waals surface area contributed by atoms with Gasteiger partial charge in [-0.1, -0.05) is 11.6 Å². The number of oxime groups is 1. The number of fused-ring (bicyclic) bond motifs is 1. The number of nitrogens with two attached hydrogens (primary N) is 1. The molecule has 2 heterocycles. The van der Waals surface area contributed by atoms with Crippen LogP contribution in [0.4, 0.5) is 0 Å². The van der Waals surface area contributed by atoms with Gasteiger partial charge in [0.05, 0.1) is 0 Å². The van der Waals surface area contributed by atoms with Crippen molar-refractivity contribution in [3.8, 4) is 0 Å². The van der Waals surface area contributed by atoms with Gasteiger partial charge in [0.2, 0.25) is 5.91 Å². The molecule has 0 aromatic rings. The van der Waals surface area contributed by atoms with E-state index in [1.165, 1.54) is 12.8 Å². The number of piperidine rings is 1. The summed E-state index contributed by atoms with van der Waals surface area (Å²) in [6.07, 6.45) is 3.65. The number of piperazine rings is 1. The molecule has 2 saturated heterocycles. The van der Waals surface area contributed by atoms with Crippen LogP contribution in [-0.2, 0) is 4.79 Å². The minimum Gasteiger partial charge on any atom is -0.409 e. The molecule has 0 radical (unpaired) electrons. The van der Waals surface area contributed by atoms with Gasteiger partial charge in [-0.25, -0.2) is 0 Å². The first-order valence-electron chi connectivity index (χ1n) is 7.41. The number of rotatable bonds is 2. The Labute approximate surface area is 120 Å². The van der Waals surface area contributed by atoms with Crippen LogP contribution in [0.1, 0.15) is 40.0 Å². The summed E-state index contributed by atoms with van der Waals surface area (Å²) < 4.78 is 0. The van der Waals surface area contributed by atoms with E-state index in [0.29, 0.717) is 6.04 Å². The van der Waals surface area contributed by atoms with Crippen molar-refractivity contribution in [2.45, 2.75) is 52.1 Å². The lowest BCUT2D eigenvalue weighted by Gasteiger charge is -2.49. The average molecular weight is 282 g/mol. The highest BCUT2D eigenvalue weighted by molar-refractivity contribution is 6.06. The van der Waals surface area contributed by atoms with Crippen LogP contribution in [0.3, 0.4) is 0 Å². The van der Waals surface area contributed by atoms with Crippen LogP contribution < -0.4 is 5.73 Å². The predicted molar refractivity (Wildman–Crippen MR) is 77.6 cm³/mol. The van der Waals surface area contributed by atoms with Gasteiger partial charge in [0.1, 0.15) is 5.41 Å². The molecular formula is C14H26N4O2. The molecule has 0 aromatic heterocycles. The van der Waals surface area contributed by atoms with Gasteiger partial charge in [-0.15, -0.1) is 0 Å². The third kappa shape index (κ3) is 2.61. The van der Waals surface area contributed by atoms with Crippen molar-refractivity contribution in [2.75, 3.05) is 19.6 Å². The number of carbonyl (C=O) groups is 1. The van der Waals surface area contributed by atoms with E-state index in [9.17, 15) is 4.79 Å². The first-order chi connectivity index (χ1) is 9.37. The van der Waals surface area contributed by atoms with Gasteiger partial charge >= 0.3 is 0 Å². The van der Waals surface area contributed by atoms with E-state index in [-0.39, 0.29) is 17.8 Å². The van der Waals surface area contributed by atoms with Crippen molar-refractivity contribution in [3.05, 3.63) is 0 Å². The lowest BCUT2D eigenvalue weighted by molar-refractivity contribution is -0.144. The zero-order valence-electron chi connectivity index (χ0n) is 12.7. The van der Waals surface area contributed by atoms with Crippen LogP contribution >= 0.6 is 0 Å². The van der Waals surface area contributed by atoms with E-state index < -0.39 is 5.41 Å². The molecule has 2 aliphatic heterocycles. The molecule has 0 aliphatic carbocycles. The lowest BCUT2D eigenvalue weighted by Crippen LogP contribution is -2.63. The molecule has 2 atom stereocenters. The highest BCUT2D eigenvalue weighted by Gasteiger charge is 2.42. The Kier molecular flexibility index (Phi) is 4.22. The third-order valence-corrected chi connectivity index (χ3v) is 4.73. The zero-order valence-corrected chi connectivity index (χ0v) is 12.7. The van der Waals surface area contributed by atoms with E-state index in [0.717, 1.165) is 26.1 Å². The van der Waals surface area contributed by atoms with Gasteiger partial charge in [-0.2, -0.15) is 0 Å². The molecule has 2 unspecified atom stereocenters. The highest BCUT2D eigenvalue weighted by atomic mass is 16.4. The molecule has 6 nitrogen and oxygen atoms in total. The number of carbonyl (C=O) groups excluding carboxylic acids is 1. The van der Waals surface area contributed by atoms with Crippen molar-refractivity contribution >= 4 is 11.7 Å². The van der Waals surface area contributed by atoms with Gasteiger partial charge in [-0.3, -0.25) is 9.69 Å². The molecule has 20 heavy (non-hydrogen) atoms. The highest BCUT2D eigenvalue weighted by Crippen LogP contribution is 2.28. The molecule has 0 spiro atoms. The first-order valence-corrected chi connectivity index (χ1v) is 7.41. The second-order valence-electron chi connectivity index (χ2n) is 6.56. The van der Waals surface area contributed by atoms with E-state index in [2.05, 4.69) is 17.0 Å². The van der Waals surface area contributed by atoms with Crippen LogP contribution in [0.5, 0.6) is 0 Å². The summed E-state index contributed by atoms with van der Waals surface area (Å²) in [6.45, 7) is 8.31. The van der Waals surface area contributed by atoms with Gasteiger partial charge in [0, 0.05) is 25.2 Å². The molecule has 1 amide bonds. The summed E-state index contributed by atoms with van der Waals surface area (Å²) in [5, 5.41) is 11.9. The number of amides is 1. The Balaban J connectivity index is 2.13. The van der Waals surface area contributed by atoms with Gasteiger partial charge in [0.25, 0.3) is 0 Å². The van der Waals surface area contributed by atoms with Crippen LogP contribution in [0.2, 0.25) is 0 Å².